The number of carboxylic acids is 1. The molecule has 0 aromatic carbocycles. The molecule has 0 aromatic rings. The number of hydrogen-bond acceptors (Lipinski definition) is 3. The van der Waals surface area contributed by atoms with Crippen LogP contribution in [0.2, 0.25) is 0 Å². The summed E-state index contributed by atoms with van der Waals surface area (Å²) >= 11 is 0. The molecule has 112 valence electrons. The second-order valence-electron chi connectivity index (χ2n) is 5.02. The minimum atomic E-state index is -3.68. The number of nitrogens with zero attached hydrogens (tertiary/aromatic N) is 2. The van der Waals surface area contributed by atoms with Crippen LogP contribution in [0.5, 0.6) is 0 Å². The molecular weight excluding hydrogens is 268 g/mol. The molecule has 0 unspecified atom stereocenters. The second-order valence-corrected chi connectivity index (χ2v) is 6.85. The fraction of sp³-hybridized carbons (Fsp3) is 0.917. The van der Waals surface area contributed by atoms with Gasteiger partial charge < -0.3 is 5.11 Å². The molecule has 0 aliphatic carbocycles. The lowest BCUT2D eigenvalue weighted by molar-refractivity contribution is -0.141. The molecule has 1 fully saturated rings. The van der Waals surface area contributed by atoms with Crippen molar-refractivity contribution in [2.45, 2.75) is 58.5 Å². The summed E-state index contributed by atoms with van der Waals surface area (Å²) in [5.41, 5.74) is 0. The Labute approximate surface area is 115 Å². The quantitative estimate of drug-likeness (QED) is 0.767. The smallest absolute Gasteiger partial charge is 0.322 e. The zero-order valence-corrected chi connectivity index (χ0v) is 12.7. The summed E-state index contributed by atoms with van der Waals surface area (Å²) in [5, 5.41) is 9.18. The number of carbonyl (C=O) groups is 1. The molecule has 0 saturated carbocycles. The van der Waals surface area contributed by atoms with Crippen molar-refractivity contribution >= 4 is 16.2 Å². The first-order valence-corrected chi connectivity index (χ1v) is 8.27. The summed E-state index contributed by atoms with van der Waals surface area (Å²) < 4.78 is 27.8. The largest absolute Gasteiger partial charge is 0.480 e. The fourth-order valence-electron chi connectivity index (χ4n) is 2.56. The molecular formula is C12H24N2O4S. The van der Waals surface area contributed by atoms with Gasteiger partial charge in [-0.25, -0.2) is 0 Å². The van der Waals surface area contributed by atoms with Crippen LogP contribution in [0.4, 0.5) is 0 Å². The summed E-state index contributed by atoms with van der Waals surface area (Å²) in [7, 11) is -3.68. The fourth-order valence-corrected chi connectivity index (χ4v) is 4.73. The monoisotopic (exact) mass is 292 g/mol. The summed E-state index contributed by atoms with van der Waals surface area (Å²) in [6.07, 6.45) is 2.43. The highest BCUT2D eigenvalue weighted by Gasteiger charge is 2.45. The van der Waals surface area contributed by atoms with Gasteiger partial charge in [-0.3, -0.25) is 4.79 Å². The van der Waals surface area contributed by atoms with Crippen molar-refractivity contribution in [3.8, 4) is 0 Å². The van der Waals surface area contributed by atoms with Gasteiger partial charge in [-0.05, 0) is 32.6 Å². The molecule has 1 saturated heterocycles. The molecule has 7 heteroatoms. The number of rotatable bonds is 7. The van der Waals surface area contributed by atoms with E-state index in [0.29, 0.717) is 25.9 Å². The maximum absolute atomic E-state index is 12.6. The average molecular weight is 292 g/mol. The van der Waals surface area contributed by atoms with Crippen molar-refractivity contribution in [2.24, 2.45) is 0 Å². The van der Waals surface area contributed by atoms with Crippen LogP contribution < -0.4 is 0 Å². The van der Waals surface area contributed by atoms with Crippen molar-refractivity contribution in [3.63, 3.8) is 0 Å². The highest BCUT2D eigenvalue weighted by molar-refractivity contribution is 7.86. The van der Waals surface area contributed by atoms with E-state index in [9.17, 15) is 18.3 Å². The van der Waals surface area contributed by atoms with Gasteiger partial charge in [-0.1, -0.05) is 13.8 Å². The van der Waals surface area contributed by atoms with Crippen LogP contribution >= 0.6 is 0 Å². The lowest BCUT2D eigenvalue weighted by Crippen LogP contribution is -2.51. The Kier molecular flexibility index (Phi) is 5.76. The van der Waals surface area contributed by atoms with E-state index in [1.165, 1.54) is 8.61 Å². The Balaban J connectivity index is 3.04. The van der Waals surface area contributed by atoms with Gasteiger partial charge in [-0.15, -0.1) is 0 Å². The van der Waals surface area contributed by atoms with E-state index in [2.05, 4.69) is 0 Å². The van der Waals surface area contributed by atoms with E-state index in [1.807, 2.05) is 13.8 Å². The molecule has 0 bridgehead atoms. The van der Waals surface area contributed by atoms with E-state index in [4.69, 9.17) is 0 Å². The lowest BCUT2D eigenvalue weighted by Gasteiger charge is -2.31. The van der Waals surface area contributed by atoms with Gasteiger partial charge in [0.25, 0.3) is 10.2 Å². The second kappa shape index (κ2) is 6.67. The summed E-state index contributed by atoms with van der Waals surface area (Å²) in [6, 6.07) is -1.17. The van der Waals surface area contributed by atoms with Crippen LogP contribution in [0.15, 0.2) is 0 Å². The van der Waals surface area contributed by atoms with Crippen LogP contribution in [-0.2, 0) is 15.0 Å². The Hall–Kier alpha value is -0.660. The van der Waals surface area contributed by atoms with Gasteiger partial charge in [0.05, 0.1) is 0 Å². The van der Waals surface area contributed by atoms with Crippen LogP contribution in [0, 0.1) is 0 Å². The molecule has 1 heterocycles. The minimum Gasteiger partial charge on any atom is -0.480 e. The first-order chi connectivity index (χ1) is 8.86. The standard InChI is InChI=1S/C12H24N2O4S/c1-4-8-13(9-5-2)19(17,18)14-10(3)6-7-11(14)12(15)16/h10-11H,4-9H2,1-3H3,(H,15,16)/t10-,11-/m0/s1. The zero-order valence-electron chi connectivity index (χ0n) is 11.9. The van der Waals surface area contributed by atoms with Gasteiger partial charge in [-0.2, -0.15) is 17.0 Å². The summed E-state index contributed by atoms with van der Waals surface area (Å²) in [5.74, 6) is -1.05. The molecule has 0 spiro atoms. The molecule has 1 rings (SSSR count). The first kappa shape index (κ1) is 16.4. The predicted molar refractivity (Wildman–Crippen MR) is 73.0 cm³/mol. The van der Waals surface area contributed by atoms with Crippen LogP contribution in [0.1, 0.15) is 46.5 Å². The minimum absolute atomic E-state index is 0.248. The van der Waals surface area contributed by atoms with E-state index < -0.39 is 22.2 Å². The van der Waals surface area contributed by atoms with Gasteiger partial charge in [0.15, 0.2) is 0 Å². The Morgan fingerprint density at radius 2 is 1.79 bits per heavy atom. The highest BCUT2D eigenvalue weighted by Crippen LogP contribution is 2.29. The van der Waals surface area contributed by atoms with Crippen LogP contribution in [0.25, 0.3) is 0 Å². The van der Waals surface area contributed by atoms with Crippen molar-refractivity contribution in [1.29, 1.82) is 0 Å². The van der Waals surface area contributed by atoms with Crippen LogP contribution in [-0.4, -0.2) is 53.3 Å². The zero-order chi connectivity index (χ0) is 14.6. The summed E-state index contributed by atoms with van der Waals surface area (Å²) in [4.78, 5) is 11.2. The molecule has 2 atom stereocenters. The van der Waals surface area contributed by atoms with E-state index >= 15 is 0 Å². The maximum atomic E-state index is 12.6. The molecule has 0 amide bonds. The maximum Gasteiger partial charge on any atom is 0.322 e. The molecule has 0 aromatic heterocycles. The molecule has 6 nitrogen and oxygen atoms in total. The molecule has 1 aliphatic heterocycles. The van der Waals surface area contributed by atoms with Crippen molar-refractivity contribution in [3.05, 3.63) is 0 Å². The highest BCUT2D eigenvalue weighted by atomic mass is 32.2. The molecule has 1 N–H and O–H groups in total. The van der Waals surface area contributed by atoms with Gasteiger partial charge in [0.1, 0.15) is 6.04 Å². The molecule has 0 radical (unpaired) electrons. The third-order valence-corrected chi connectivity index (χ3v) is 5.59. The number of hydrogen-bond donors (Lipinski definition) is 1. The topological polar surface area (TPSA) is 77.9 Å². The molecule has 19 heavy (non-hydrogen) atoms. The number of aliphatic carboxylic acids is 1. The number of carboxylic acid groups (broad SMARTS) is 1. The third-order valence-electron chi connectivity index (χ3n) is 3.42. The van der Waals surface area contributed by atoms with E-state index in [0.717, 1.165) is 12.8 Å². The normalized spacial score (nSPS) is 25.1. The first-order valence-electron chi connectivity index (χ1n) is 6.87. The van der Waals surface area contributed by atoms with E-state index in [1.54, 1.807) is 6.92 Å². The average Bonchev–Trinajstić information content (AvgIpc) is 2.71. The Bertz CT molecular complexity index is 404. The third kappa shape index (κ3) is 3.46. The van der Waals surface area contributed by atoms with Gasteiger partial charge >= 0.3 is 5.97 Å². The van der Waals surface area contributed by atoms with Crippen molar-refractivity contribution in [1.82, 2.24) is 8.61 Å². The van der Waals surface area contributed by atoms with E-state index in [-0.39, 0.29) is 6.04 Å². The molecule has 1 aliphatic rings. The SMILES string of the molecule is CCCN(CCC)S(=O)(=O)N1[C@@H](C)CC[C@H]1C(=O)O. The van der Waals surface area contributed by atoms with Crippen molar-refractivity contribution < 1.29 is 18.3 Å². The van der Waals surface area contributed by atoms with Gasteiger partial charge in [0.2, 0.25) is 0 Å². The van der Waals surface area contributed by atoms with Gasteiger partial charge in [0, 0.05) is 19.1 Å². The lowest BCUT2D eigenvalue weighted by atomic mass is 10.2. The summed E-state index contributed by atoms with van der Waals surface area (Å²) in [6.45, 7) is 6.48. The Morgan fingerprint density at radius 3 is 2.21 bits per heavy atom. The van der Waals surface area contributed by atoms with Crippen LogP contribution in [0.3, 0.4) is 0 Å². The van der Waals surface area contributed by atoms with Crippen molar-refractivity contribution in [2.75, 3.05) is 13.1 Å². The predicted octanol–water partition coefficient (Wildman–Crippen LogP) is 1.29. The Morgan fingerprint density at radius 1 is 1.26 bits per heavy atom.